The Kier molecular flexibility index (Phi) is 21.6. The van der Waals surface area contributed by atoms with E-state index in [0.717, 1.165) is 94.7 Å². The summed E-state index contributed by atoms with van der Waals surface area (Å²) < 4.78 is 0. The van der Waals surface area contributed by atoms with Crippen LogP contribution in [-0.4, -0.2) is 49.3 Å². The fraction of sp³-hybridized carbons (Fsp3) is 1.00. The van der Waals surface area contributed by atoms with Gasteiger partial charge in [0.15, 0.2) is 0 Å². The van der Waals surface area contributed by atoms with Gasteiger partial charge in [-0.2, -0.15) is 0 Å². The van der Waals surface area contributed by atoms with Crippen LogP contribution in [0.2, 0.25) is 0 Å². The minimum atomic E-state index is 0.411. The molecule has 8 bridgehead atoms. The number of fused-ring (bicyclic) bond motifs is 24. The Morgan fingerprint density at radius 2 is 0.306 bits per heavy atom. The van der Waals surface area contributed by atoms with Crippen molar-refractivity contribution in [3.8, 4) is 0 Å². The molecular formula is C64H120N8. The van der Waals surface area contributed by atoms with Crippen molar-refractivity contribution in [2.24, 2.45) is 94.7 Å². The van der Waals surface area contributed by atoms with E-state index in [4.69, 9.17) is 0 Å². The van der Waals surface area contributed by atoms with Crippen molar-refractivity contribution in [1.29, 1.82) is 0 Å². The lowest BCUT2D eigenvalue weighted by molar-refractivity contribution is 0.0496. The van der Waals surface area contributed by atoms with Crippen LogP contribution < -0.4 is 42.5 Å². The monoisotopic (exact) mass is 1000 g/mol. The molecule has 0 aromatic carbocycles. The molecule has 416 valence electrons. The largest absolute Gasteiger partial charge is 0.286 e. The third kappa shape index (κ3) is 12.9. The summed E-state index contributed by atoms with van der Waals surface area (Å²) >= 11 is 0. The highest BCUT2D eigenvalue weighted by atomic mass is 15.4. The van der Waals surface area contributed by atoms with Crippen LogP contribution >= 0.6 is 0 Å². The van der Waals surface area contributed by atoms with Crippen molar-refractivity contribution in [2.45, 2.75) is 310 Å². The van der Waals surface area contributed by atoms with Crippen LogP contribution in [0.3, 0.4) is 0 Å². The maximum absolute atomic E-state index is 4.53. The predicted octanol–water partition coefficient (Wildman–Crippen LogP) is 13.9. The average Bonchev–Trinajstić information content (AvgIpc) is 4.15. The average molecular weight is 1000 g/mol. The first-order valence-electron chi connectivity index (χ1n) is 33.4. The minimum absolute atomic E-state index is 0.411. The highest BCUT2D eigenvalue weighted by Crippen LogP contribution is 2.55. The second-order valence-corrected chi connectivity index (χ2v) is 27.6. The van der Waals surface area contributed by atoms with E-state index in [-0.39, 0.29) is 0 Å². The van der Waals surface area contributed by atoms with Gasteiger partial charge < -0.3 is 0 Å². The van der Waals surface area contributed by atoms with Gasteiger partial charge in [-0.3, -0.25) is 42.5 Å². The summed E-state index contributed by atoms with van der Waals surface area (Å²) in [7, 11) is 0. The predicted molar refractivity (Wildman–Crippen MR) is 304 cm³/mol. The van der Waals surface area contributed by atoms with Gasteiger partial charge in [-0.1, -0.05) is 209 Å². The van der Waals surface area contributed by atoms with Crippen LogP contribution in [0.4, 0.5) is 0 Å². The fourth-order valence-corrected chi connectivity index (χ4v) is 18.8. The van der Waals surface area contributed by atoms with E-state index in [1.807, 2.05) is 0 Å². The lowest BCUT2D eigenvalue weighted by atomic mass is 9.62. The van der Waals surface area contributed by atoms with Gasteiger partial charge in [0.05, 0.1) is 49.3 Å². The van der Waals surface area contributed by atoms with E-state index in [0.29, 0.717) is 49.3 Å². The topological polar surface area (TPSA) is 96.2 Å². The second kappa shape index (κ2) is 27.5. The van der Waals surface area contributed by atoms with Gasteiger partial charge in [-0.15, -0.1) is 0 Å². The highest BCUT2D eigenvalue weighted by Gasteiger charge is 2.58. The van der Waals surface area contributed by atoms with Crippen molar-refractivity contribution in [3.63, 3.8) is 0 Å². The SMILES string of the molecule is C1CCC2CC3C4NC(NC5NC(NC6NC(NC7NC(N4)C4CC8CCCCC8CC74)C4CC7CCCCC7CC64)C4CC6CCCCC6CC54)C3CC2C1.CCCC.CCCC.CCCC.CCCC. The number of rotatable bonds is 4. The third-order valence-corrected chi connectivity index (χ3v) is 23.4. The number of hydrogen-bond donors (Lipinski definition) is 8. The summed E-state index contributed by atoms with van der Waals surface area (Å²) in [5.41, 5.74) is 0. The zero-order valence-electron chi connectivity index (χ0n) is 48.5. The first kappa shape index (κ1) is 56.4. The lowest BCUT2D eigenvalue weighted by Gasteiger charge is -2.46. The number of nitrogens with one attached hydrogen (secondary N) is 8. The Labute approximate surface area is 445 Å². The molecule has 0 aromatic rings. The first-order chi connectivity index (χ1) is 35.3. The molecule has 72 heavy (non-hydrogen) atoms. The molecule has 8 aliphatic carbocycles. The van der Waals surface area contributed by atoms with Gasteiger partial charge in [0.1, 0.15) is 0 Å². The Bertz CT molecular complexity index is 1230. The molecule has 8 heteroatoms. The third-order valence-electron chi connectivity index (χ3n) is 23.4. The maximum Gasteiger partial charge on any atom is 0.0628 e. The van der Waals surface area contributed by atoms with Crippen molar-refractivity contribution in [1.82, 2.24) is 42.5 Å². The molecule has 5 aliphatic heterocycles. The van der Waals surface area contributed by atoms with E-state index in [9.17, 15) is 0 Å². The normalized spacial score (nSPS) is 48.3. The zero-order chi connectivity index (χ0) is 50.1. The molecule has 0 aromatic heterocycles. The Morgan fingerprint density at radius 3 is 0.403 bits per heavy atom. The molecule has 16 atom stereocenters. The zero-order valence-corrected chi connectivity index (χ0v) is 48.5. The van der Waals surface area contributed by atoms with Crippen molar-refractivity contribution in [2.75, 3.05) is 0 Å². The quantitative estimate of drug-likeness (QED) is 0.141. The Hall–Kier alpha value is -0.320. The fourth-order valence-electron chi connectivity index (χ4n) is 18.8. The highest BCUT2D eigenvalue weighted by molar-refractivity contribution is 5.11. The molecule has 16 unspecified atom stereocenters. The molecule has 13 fully saturated rings. The molecule has 0 amide bonds. The van der Waals surface area contributed by atoms with Gasteiger partial charge >= 0.3 is 0 Å². The van der Waals surface area contributed by atoms with Gasteiger partial charge in [0.2, 0.25) is 0 Å². The van der Waals surface area contributed by atoms with E-state index >= 15 is 0 Å². The summed E-state index contributed by atoms with van der Waals surface area (Å²) in [6.07, 6.45) is 49.1. The summed E-state index contributed by atoms with van der Waals surface area (Å²) in [6, 6.07) is 0. The smallest absolute Gasteiger partial charge is 0.0628 e. The molecule has 5 saturated heterocycles. The van der Waals surface area contributed by atoms with Crippen molar-refractivity contribution in [3.05, 3.63) is 0 Å². The summed E-state index contributed by atoms with van der Waals surface area (Å²) in [6.45, 7) is 17.4. The summed E-state index contributed by atoms with van der Waals surface area (Å²) in [5.74, 6) is 13.6. The van der Waals surface area contributed by atoms with E-state index in [2.05, 4.69) is 97.9 Å². The van der Waals surface area contributed by atoms with Crippen molar-refractivity contribution >= 4 is 0 Å². The van der Waals surface area contributed by atoms with Crippen LogP contribution in [0.25, 0.3) is 0 Å². The molecule has 8 nitrogen and oxygen atoms in total. The number of hydrogen-bond acceptors (Lipinski definition) is 8. The molecule has 0 spiro atoms. The van der Waals surface area contributed by atoms with Gasteiger partial charge in [0.25, 0.3) is 0 Å². The maximum atomic E-state index is 4.53. The Morgan fingerprint density at radius 1 is 0.194 bits per heavy atom. The lowest BCUT2D eigenvalue weighted by Crippen LogP contribution is -2.61. The number of unbranched alkanes of at least 4 members (excludes halogenated alkanes) is 4. The Balaban J connectivity index is 0.000000354. The molecule has 13 rings (SSSR count). The van der Waals surface area contributed by atoms with Crippen LogP contribution in [0.5, 0.6) is 0 Å². The summed E-state index contributed by atoms with van der Waals surface area (Å²) in [5, 5.41) is 35.9. The summed E-state index contributed by atoms with van der Waals surface area (Å²) in [4.78, 5) is 0. The van der Waals surface area contributed by atoms with Crippen molar-refractivity contribution < 1.29 is 0 Å². The van der Waals surface area contributed by atoms with E-state index in [1.54, 1.807) is 0 Å². The molecule has 8 saturated carbocycles. The van der Waals surface area contributed by atoms with Gasteiger partial charge in [-0.25, -0.2) is 0 Å². The van der Waals surface area contributed by atoms with Crippen LogP contribution in [0.1, 0.15) is 261 Å². The second-order valence-electron chi connectivity index (χ2n) is 27.6. The van der Waals surface area contributed by atoms with E-state index < -0.39 is 0 Å². The van der Waals surface area contributed by atoms with Crippen LogP contribution in [-0.2, 0) is 0 Å². The van der Waals surface area contributed by atoms with Gasteiger partial charge in [0, 0.05) is 0 Å². The van der Waals surface area contributed by atoms with E-state index in [1.165, 1.54) is 205 Å². The molecule has 0 radical (unpaired) electrons. The molecular weight excluding hydrogens is 881 g/mol. The molecule has 5 heterocycles. The molecule has 8 N–H and O–H groups in total. The first-order valence-corrected chi connectivity index (χ1v) is 33.4. The van der Waals surface area contributed by atoms with Crippen LogP contribution in [0.15, 0.2) is 0 Å². The molecule has 13 aliphatic rings. The minimum Gasteiger partial charge on any atom is -0.286 e. The standard InChI is InChI=1S/C48H80N8.4C4H10/c1-2-10-26-18-34-33(17-25(26)9-1)41-49-42(34)54-44-37-21-29-13-5-6-14-30(29)22-38(37)46(51-44)56-48-40-24-32-16-8-7-15-31(32)23-39(40)47(52-48)55-45-36-20-28-12-4-3-11-27(28)19-35(36)43(50-45)53-41;4*1-3-4-2/h25-56H,1-24H2;4*3-4H2,1-2H3. The van der Waals surface area contributed by atoms with Crippen LogP contribution in [0, 0.1) is 94.7 Å². The van der Waals surface area contributed by atoms with Gasteiger partial charge in [-0.05, 0) is 146 Å².